The van der Waals surface area contributed by atoms with Gasteiger partial charge in [-0.3, -0.25) is 20.2 Å². The Hall–Kier alpha value is -3.22. The van der Waals surface area contributed by atoms with Gasteiger partial charge in [0.2, 0.25) is 0 Å². The molecule has 1 aliphatic heterocycles. The van der Waals surface area contributed by atoms with E-state index in [0.717, 1.165) is 17.5 Å². The fraction of sp³-hybridized carbons (Fsp3) is 0.222. The van der Waals surface area contributed by atoms with Gasteiger partial charge in [-0.25, -0.2) is 0 Å². The number of nitrogens with zero attached hydrogens (tertiary/aromatic N) is 2. The summed E-state index contributed by atoms with van der Waals surface area (Å²) in [6.07, 6.45) is 4.99. The number of hydrogen-bond acceptors (Lipinski definition) is 5. The second-order valence-electron chi connectivity index (χ2n) is 6.33. The molecular formula is C18H15N3O4. The van der Waals surface area contributed by atoms with Crippen LogP contribution in [-0.4, -0.2) is 9.85 Å². The number of para-hydroxylation sites is 1. The molecule has 1 heterocycles. The fourth-order valence-electron chi connectivity index (χ4n) is 3.92. The zero-order chi connectivity index (χ0) is 17.6. The zero-order valence-corrected chi connectivity index (χ0v) is 13.2. The topological polar surface area (TPSA) is 98.3 Å². The lowest BCUT2D eigenvalue weighted by molar-refractivity contribution is -0.384. The second kappa shape index (κ2) is 5.70. The van der Waals surface area contributed by atoms with Gasteiger partial charge in [0.1, 0.15) is 5.69 Å². The summed E-state index contributed by atoms with van der Waals surface area (Å²) < 4.78 is 0. The summed E-state index contributed by atoms with van der Waals surface area (Å²) in [5, 5.41) is 25.8. The minimum atomic E-state index is -0.424. The third kappa shape index (κ3) is 2.44. The number of benzene rings is 2. The van der Waals surface area contributed by atoms with Crippen LogP contribution in [0.15, 0.2) is 54.6 Å². The van der Waals surface area contributed by atoms with Gasteiger partial charge in [0, 0.05) is 24.1 Å². The number of nitro benzene ring substituents is 2. The molecule has 0 unspecified atom stereocenters. The molecule has 0 amide bonds. The first-order valence-electron chi connectivity index (χ1n) is 8.01. The summed E-state index contributed by atoms with van der Waals surface area (Å²) in [5.41, 5.74) is 2.25. The molecule has 0 fully saturated rings. The molecule has 126 valence electrons. The van der Waals surface area contributed by atoms with Crippen molar-refractivity contribution >= 4 is 17.1 Å². The molecule has 4 rings (SSSR count). The molecule has 0 saturated carbocycles. The largest absolute Gasteiger partial charge is 0.372 e. The van der Waals surface area contributed by atoms with Gasteiger partial charge in [0.25, 0.3) is 11.4 Å². The number of fused-ring (bicyclic) bond motifs is 3. The van der Waals surface area contributed by atoms with E-state index in [0.29, 0.717) is 5.69 Å². The van der Waals surface area contributed by atoms with Crippen molar-refractivity contribution in [2.24, 2.45) is 5.92 Å². The van der Waals surface area contributed by atoms with E-state index >= 15 is 0 Å². The normalized spacial score (nSPS) is 23.4. The van der Waals surface area contributed by atoms with Crippen LogP contribution in [0.2, 0.25) is 0 Å². The number of non-ortho nitro benzene ring substituents is 1. The van der Waals surface area contributed by atoms with Crippen molar-refractivity contribution < 1.29 is 9.85 Å². The maximum absolute atomic E-state index is 11.4. The summed E-state index contributed by atoms with van der Waals surface area (Å²) in [6, 6.07) is 11.4. The number of hydrogen-bond donors (Lipinski definition) is 1. The molecule has 0 bridgehead atoms. The van der Waals surface area contributed by atoms with Crippen LogP contribution in [0.5, 0.6) is 0 Å². The fourth-order valence-corrected chi connectivity index (χ4v) is 3.92. The predicted molar refractivity (Wildman–Crippen MR) is 92.5 cm³/mol. The van der Waals surface area contributed by atoms with Gasteiger partial charge < -0.3 is 5.32 Å². The first-order chi connectivity index (χ1) is 12.1. The monoisotopic (exact) mass is 337 g/mol. The van der Waals surface area contributed by atoms with Crippen LogP contribution in [-0.2, 0) is 0 Å². The Morgan fingerprint density at radius 2 is 1.84 bits per heavy atom. The predicted octanol–water partition coefficient (Wildman–Crippen LogP) is 4.33. The summed E-state index contributed by atoms with van der Waals surface area (Å²) in [5.74, 6) is 0.247. The number of nitro groups is 2. The van der Waals surface area contributed by atoms with Crippen molar-refractivity contribution in [1.29, 1.82) is 0 Å². The van der Waals surface area contributed by atoms with Crippen LogP contribution >= 0.6 is 0 Å². The third-order valence-electron chi connectivity index (χ3n) is 5.01. The molecule has 0 spiro atoms. The summed E-state index contributed by atoms with van der Waals surface area (Å²) >= 11 is 0. The molecule has 7 nitrogen and oxygen atoms in total. The van der Waals surface area contributed by atoms with Gasteiger partial charge >= 0.3 is 0 Å². The van der Waals surface area contributed by atoms with Crippen molar-refractivity contribution in [3.05, 3.63) is 86.0 Å². The number of anilines is 1. The molecule has 0 saturated heterocycles. The minimum absolute atomic E-state index is 0.0233. The summed E-state index contributed by atoms with van der Waals surface area (Å²) in [6.45, 7) is 0. The first kappa shape index (κ1) is 15.3. The maximum Gasteiger partial charge on any atom is 0.292 e. The molecule has 1 N–H and O–H groups in total. The van der Waals surface area contributed by atoms with Gasteiger partial charge in [-0.1, -0.05) is 36.4 Å². The summed E-state index contributed by atoms with van der Waals surface area (Å²) in [7, 11) is 0. The molecule has 2 aromatic carbocycles. The van der Waals surface area contributed by atoms with Crippen molar-refractivity contribution in [1.82, 2.24) is 0 Å². The van der Waals surface area contributed by atoms with E-state index in [1.807, 2.05) is 12.1 Å². The zero-order valence-electron chi connectivity index (χ0n) is 13.2. The minimum Gasteiger partial charge on any atom is -0.372 e. The maximum atomic E-state index is 11.4. The van der Waals surface area contributed by atoms with Gasteiger partial charge in [-0.15, -0.1) is 0 Å². The van der Waals surface area contributed by atoms with E-state index in [2.05, 4.69) is 17.5 Å². The van der Waals surface area contributed by atoms with Crippen molar-refractivity contribution in [3.8, 4) is 0 Å². The smallest absolute Gasteiger partial charge is 0.292 e. The second-order valence-corrected chi connectivity index (χ2v) is 6.33. The van der Waals surface area contributed by atoms with Gasteiger partial charge in [0.15, 0.2) is 0 Å². The van der Waals surface area contributed by atoms with Crippen molar-refractivity contribution in [2.45, 2.75) is 18.4 Å². The molecule has 0 radical (unpaired) electrons. The molecule has 1 aliphatic carbocycles. The Balaban J connectivity index is 1.83. The average Bonchev–Trinajstić information content (AvgIpc) is 3.10. The Morgan fingerprint density at radius 1 is 1.04 bits per heavy atom. The van der Waals surface area contributed by atoms with E-state index in [9.17, 15) is 20.2 Å². The first-order valence-corrected chi connectivity index (χ1v) is 8.01. The quantitative estimate of drug-likeness (QED) is 0.510. The van der Waals surface area contributed by atoms with E-state index in [1.54, 1.807) is 18.2 Å². The summed E-state index contributed by atoms with van der Waals surface area (Å²) in [4.78, 5) is 21.7. The van der Waals surface area contributed by atoms with Crippen molar-refractivity contribution in [2.75, 3.05) is 5.32 Å². The van der Waals surface area contributed by atoms with E-state index < -0.39 is 9.85 Å². The Bertz CT molecular complexity index is 909. The highest BCUT2D eigenvalue weighted by molar-refractivity contribution is 5.71. The molecule has 7 heteroatoms. The molecular weight excluding hydrogens is 322 g/mol. The third-order valence-corrected chi connectivity index (χ3v) is 5.01. The Morgan fingerprint density at radius 3 is 2.60 bits per heavy atom. The highest BCUT2D eigenvalue weighted by Gasteiger charge is 2.40. The Kier molecular flexibility index (Phi) is 3.49. The van der Waals surface area contributed by atoms with Crippen LogP contribution in [0.4, 0.5) is 17.1 Å². The van der Waals surface area contributed by atoms with E-state index in [-0.39, 0.29) is 29.3 Å². The van der Waals surface area contributed by atoms with Crippen LogP contribution in [0.3, 0.4) is 0 Å². The molecule has 2 aliphatic rings. The van der Waals surface area contributed by atoms with Crippen LogP contribution in [0, 0.1) is 26.1 Å². The number of rotatable bonds is 3. The SMILES string of the molecule is O=[N+]([O-])c1cccc([C@@H]2Nc3c(cccc3[N+](=O)[O-])[C@@H]3C=CC[C@@H]32)c1. The molecule has 25 heavy (non-hydrogen) atoms. The lowest BCUT2D eigenvalue weighted by Crippen LogP contribution is -2.29. The Labute approximate surface area is 143 Å². The van der Waals surface area contributed by atoms with E-state index in [1.165, 1.54) is 12.1 Å². The van der Waals surface area contributed by atoms with Crippen molar-refractivity contribution in [3.63, 3.8) is 0 Å². The van der Waals surface area contributed by atoms with Crippen LogP contribution in [0.25, 0.3) is 0 Å². The highest BCUT2D eigenvalue weighted by Crippen LogP contribution is 2.52. The molecule has 2 aromatic rings. The van der Waals surface area contributed by atoms with Crippen LogP contribution < -0.4 is 5.32 Å². The molecule has 3 atom stereocenters. The van der Waals surface area contributed by atoms with Gasteiger partial charge in [-0.2, -0.15) is 0 Å². The lowest BCUT2D eigenvalue weighted by atomic mass is 9.76. The highest BCUT2D eigenvalue weighted by atomic mass is 16.6. The van der Waals surface area contributed by atoms with E-state index in [4.69, 9.17) is 0 Å². The number of allylic oxidation sites excluding steroid dienone is 2. The van der Waals surface area contributed by atoms with Crippen LogP contribution in [0.1, 0.15) is 29.5 Å². The van der Waals surface area contributed by atoms with Gasteiger partial charge in [-0.05, 0) is 23.5 Å². The molecule has 0 aromatic heterocycles. The average molecular weight is 337 g/mol. The van der Waals surface area contributed by atoms with Gasteiger partial charge in [0.05, 0.1) is 15.9 Å². The standard InChI is InChI=1S/C18H15N3O4/c22-20(23)12-5-1-4-11(10-12)17-14-7-2-6-13(14)15-8-3-9-16(21(24)25)18(15)19-17/h1-6,8-10,13-14,17,19H,7H2/t13-,14+,17+/m1/s1. The number of nitrogens with one attached hydrogen (secondary N) is 1. The lowest BCUT2D eigenvalue weighted by Gasteiger charge is -2.37.